The third-order valence-corrected chi connectivity index (χ3v) is 10.3. The van der Waals surface area contributed by atoms with Crippen molar-refractivity contribution in [3.63, 3.8) is 0 Å². The van der Waals surface area contributed by atoms with Crippen molar-refractivity contribution in [2.75, 3.05) is 42.6 Å². The lowest BCUT2D eigenvalue weighted by atomic mass is 10.1. The van der Waals surface area contributed by atoms with Crippen LogP contribution in [-0.2, 0) is 19.7 Å². The summed E-state index contributed by atoms with van der Waals surface area (Å²) in [5.74, 6) is -0.428. The van der Waals surface area contributed by atoms with Crippen molar-refractivity contribution in [1.29, 1.82) is 0 Å². The molecule has 30 heavy (non-hydrogen) atoms. The third-order valence-electron chi connectivity index (χ3n) is 5.98. The summed E-state index contributed by atoms with van der Waals surface area (Å²) in [4.78, 5) is 4.41. The first kappa shape index (κ1) is 21.6. The molecule has 0 aromatic heterocycles. The van der Waals surface area contributed by atoms with E-state index in [0.717, 1.165) is 11.3 Å². The number of halogens is 1. The Morgan fingerprint density at radius 1 is 0.967 bits per heavy atom. The van der Waals surface area contributed by atoms with Crippen LogP contribution in [0.4, 0.5) is 5.69 Å². The number of hydrogen-bond acceptors (Lipinski definition) is 6. The Balaban J connectivity index is 1.54. The number of sulfone groups is 2. The standard InChI is InChI=1S/C21H25ClN2O4S2/c1-16-5-7-19(8-6-16)30(27,28)21-15-29(25,26)14-20(21)24-11-9-23(10-12-24)18-4-2-3-17(22)13-18/h2-8,13,20-21H,9-12,14-15H2,1H3. The molecule has 6 nitrogen and oxygen atoms in total. The first-order valence-corrected chi connectivity index (χ1v) is 13.7. The fourth-order valence-corrected chi connectivity index (χ4v) is 9.34. The molecule has 0 amide bonds. The molecule has 0 N–H and O–H groups in total. The number of piperazine rings is 1. The van der Waals surface area contributed by atoms with E-state index in [1.807, 2.05) is 36.1 Å². The molecule has 0 radical (unpaired) electrons. The second-order valence-corrected chi connectivity index (χ2v) is 12.8. The van der Waals surface area contributed by atoms with Gasteiger partial charge in [0.2, 0.25) is 0 Å². The van der Waals surface area contributed by atoms with Gasteiger partial charge in [-0.3, -0.25) is 4.90 Å². The van der Waals surface area contributed by atoms with Gasteiger partial charge in [0.05, 0.1) is 21.7 Å². The van der Waals surface area contributed by atoms with Crippen molar-refractivity contribution in [3.05, 3.63) is 59.1 Å². The molecule has 0 saturated carbocycles. The maximum atomic E-state index is 13.3. The van der Waals surface area contributed by atoms with E-state index < -0.39 is 31.0 Å². The van der Waals surface area contributed by atoms with E-state index in [4.69, 9.17) is 11.6 Å². The van der Waals surface area contributed by atoms with Crippen LogP contribution < -0.4 is 4.90 Å². The number of nitrogens with zero attached hydrogens (tertiary/aromatic N) is 2. The van der Waals surface area contributed by atoms with Gasteiger partial charge in [0, 0.05) is 42.9 Å². The number of benzene rings is 2. The molecule has 0 aliphatic carbocycles. The number of anilines is 1. The predicted molar refractivity (Wildman–Crippen MR) is 120 cm³/mol. The Morgan fingerprint density at radius 2 is 1.63 bits per heavy atom. The van der Waals surface area contributed by atoms with Crippen LogP contribution in [0.15, 0.2) is 53.4 Å². The minimum Gasteiger partial charge on any atom is -0.369 e. The van der Waals surface area contributed by atoms with Crippen molar-refractivity contribution in [2.45, 2.75) is 23.1 Å². The van der Waals surface area contributed by atoms with E-state index in [-0.39, 0.29) is 16.4 Å². The summed E-state index contributed by atoms with van der Waals surface area (Å²) >= 11 is 6.09. The molecule has 2 heterocycles. The molecule has 0 bridgehead atoms. The van der Waals surface area contributed by atoms with Gasteiger partial charge >= 0.3 is 0 Å². The monoisotopic (exact) mass is 468 g/mol. The van der Waals surface area contributed by atoms with Crippen molar-refractivity contribution in [1.82, 2.24) is 4.90 Å². The van der Waals surface area contributed by atoms with Gasteiger partial charge in [-0.25, -0.2) is 16.8 Å². The normalized spacial score (nSPS) is 24.8. The first-order chi connectivity index (χ1) is 14.2. The van der Waals surface area contributed by atoms with Crippen LogP contribution in [0.3, 0.4) is 0 Å². The second-order valence-electron chi connectivity index (χ2n) is 8.04. The van der Waals surface area contributed by atoms with E-state index in [0.29, 0.717) is 31.2 Å². The topological polar surface area (TPSA) is 74.8 Å². The number of rotatable bonds is 4. The average molecular weight is 469 g/mol. The van der Waals surface area contributed by atoms with Crippen LogP contribution >= 0.6 is 11.6 Å². The third kappa shape index (κ3) is 4.37. The van der Waals surface area contributed by atoms with Crippen LogP contribution in [0, 0.1) is 6.92 Å². The largest absolute Gasteiger partial charge is 0.369 e. The van der Waals surface area contributed by atoms with Gasteiger partial charge in [-0.05, 0) is 37.3 Å². The highest BCUT2D eigenvalue weighted by atomic mass is 35.5. The summed E-state index contributed by atoms with van der Waals surface area (Å²) in [5.41, 5.74) is 1.98. The Labute approximate surface area is 183 Å². The highest BCUT2D eigenvalue weighted by Gasteiger charge is 2.48. The maximum Gasteiger partial charge on any atom is 0.183 e. The Morgan fingerprint density at radius 3 is 2.27 bits per heavy atom. The summed E-state index contributed by atoms with van der Waals surface area (Å²) in [5, 5.41) is -0.274. The van der Waals surface area contributed by atoms with Gasteiger partial charge in [-0.2, -0.15) is 0 Å². The van der Waals surface area contributed by atoms with Crippen molar-refractivity contribution in [3.8, 4) is 0 Å². The Hall–Kier alpha value is -1.61. The van der Waals surface area contributed by atoms with Gasteiger partial charge < -0.3 is 4.90 Å². The molecular weight excluding hydrogens is 444 g/mol. The quantitative estimate of drug-likeness (QED) is 0.686. The summed E-state index contributed by atoms with van der Waals surface area (Å²) in [7, 11) is -7.16. The van der Waals surface area contributed by atoms with Crippen LogP contribution in [0.25, 0.3) is 0 Å². The molecule has 2 atom stereocenters. The van der Waals surface area contributed by atoms with Crippen LogP contribution in [0.2, 0.25) is 5.02 Å². The van der Waals surface area contributed by atoms with E-state index in [1.165, 1.54) is 0 Å². The summed E-state index contributed by atoms with van der Waals surface area (Å²) in [6.45, 7) is 4.47. The highest BCUT2D eigenvalue weighted by Crippen LogP contribution is 2.30. The molecule has 2 aromatic carbocycles. The van der Waals surface area contributed by atoms with Crippen LogP contribution in [0.1, 0.15) is 5.56 Å². The summed E-state index contributed by atoms with van der Waals surface area (Å²) < 4.78 is 51.5. The molecule has 2 fully saturated rings. The molecule has 162 valence electrons. The van der Waals surface area contributed by atoms with E-state index in [1.54, 1.807) is 24.3 Å². The van der Waals surface area contributed by atoms with Crippen molar-refractivity contribution < 1.29 is 16.8 Å². The smallest absolute Gasteiger partial charge is 0.183 e. The maximum absolute atomic E-state index is 13.3. The van der Waals surface area contributed by atoms with Crippen LogP contribution in [-0.4, -0.2) is 70.7 Å². The number of hydrogen-bond donors (Lipinski definition) is 0. The molecular formula is C21H25ClN2O4S2. The minimum absolute atomic E-state index is 0.111. The fourth-order valence-electron chi connectivity index (χ4n) is 4.32. The molecule has 2 aliphatic heterocycles. The zero-order chi connectivity index (χ0) is 21.5. The van der Waals surface area contributed by atoms with Crippen molar-refractivity contribution >= 4 is 37.0 Å². The minimum atomic E-state index is -3.75. The van der Waals surface area contributed by atoms with Crippen LogP contribution in [0.5, 0.6) is 0 Å². The summed E-state index contributed by atoms with van der Waals surface area (Å²) in [6.07, 6.45) is 0. The van der Waals surface area contributed by atoms with Crippen molar-refractivity contribution in [2.24, 2.45) is 0 Å². The molecule has 9 heteroatoms. The van der Waals surface area contributed by atoms with E-state index in [9.17, 15) is 16.8 Å². The molecule has 2 aromatic rings. The zero-order valence-corrected chi connectivity index (χ0v) is 19.1. The second kappa shape index (κ2) is 8.15. The molecule has 2 unspecified atom stereocenters. The molecule has 0 spiro atoms. The molecule has 2 saturated heterocycles. The Kier molecular flexibility index (Phi) is 5.87. The van der Waals surface area contributed by atoms with Gasteiger partial charge in [0.15, 0.2) is 19.7 Å². The van der Waals surface area contributed by atoms with Gasteiger partial charge in [0.25, 0.3) is 0 Å². The lowest BCUT2D eigenvalue weighted by Crippen LogP contribution is -2.55. The average Bonchev–Trinajstić information content (AvgIpc) is 3.05. The SMILES string of the molecule is Cc1ccc(S(=O)(=O)C2CS(=O)(=O)CC2N2CCN(c3cccc(Cl)c3)CC2)cc1. The predicted octanol–water partition coefficient (Wildman–Crippen LogP) is 2.41. The Bertz CT molecular complexity index is 1130. The first-order valence-electron chi connectivity index (χ1n) is 9.91. The lowest BCUT2D eigenvalue weighted by molar-refractivity contribution is 0.201. The van der Waals surface area contributed by atoms with E-state index in [2.05, 4.69) is 4.90 Å². The highest BCUT2D eigenvalue weighted by molar-refractivity contribution is 7.96. The van der Waals surface area contributed by atoms with Gasteiger partial charge in [0.1, 0.15) is 0 Å². The molecule has 4 rings (SSSR count). The van der Waals surface area contributed by atoms with E-state index >= 15 is 0 Å². The number of aryl methyl sites for hydroxylation is 1. The zero-order valence-electron chi connectivity index (χ0n) is 16.7. The summed E-state index contributed by atoms with van der Waals surface area (Å²) in [6, 6.07) is 13.7. The lowest BCUT2D eigenvalue weighted by Gasteiger charge is -2.40. The molecule has 2 aliphatic rings. The van der Waals surface area contributed by atoms with Gasteiger partial charge in [-0.15, -0.1) is 0 Å². The van der Waals surface area contributed by atoms with Gasteiger partial charge in [-0.1, -0.05) is 35.4 Å². The fraction of sp³-hybridized carbons (Fsp3) is 0.429.